The van der Waals surface area contributed by atoms with Crippen molar-refractivity contribution >= 4 is 23.4 Å². The van der Waals surface area contributed by atoms with E-state index in [0.717, 1.165) is 23.1 Å². The van der Waals surface area contributed by atoms with Crippen LogP contribution in [0.2, 0.25) is 5.15 Å². The fraction of sp³-hybridized carbons (Fsp3) is 0.353. The minimum atomic E-state index is -4.57. The van der Waals surface area contributed by atoms with Crippen molar-refractivity contribution in [1.29, 1.82) is 0 Å². The molecule has 1 aliphatic rings. The maximum atomic E-state index is 13.2. The van der Waals surface area contributed by atoms with E-state index in [0.29, 0.717) is 5.69 Å². The Labute approximate surface area is 157 Å². The van der Waals surface area contributed by atoms with E-state index in [4.69, 9.17) is 17.3 Å². The number of carbonyl (C=O) groups is 1. The molecule has 1 aromatic heterocycles. The van der Waals surface area contributed by atoms with Crippen LogP contribution in [0.4, 0.5) is 23.7 Å². The first-order chi connectivity index (χ1) is 12.6. The lowest BCUT2D eigenvalue weighted by Gasteiger charge is -2.46. The highest BCUT2D eigenvalue weighted by molar-refractivity contribution is 6.29. The second kappa shape index (κ2) is 6.65. The van der Waals surface area contributed by atoms with Crippen molar-refractivity contribution < 1.29 is 23.1 Å². The molecule has 3 N–H and O–H groups in total. The summed E-state index contributed by atoms with van der Waals surface area (Å²) in [5.41, 5.74) is 4.75. The van der Waals surface area contributed by atoms with Crippen molar-refractivity contribution in [2.75, 3.05) is 4.90 Å². The second-order valence-corrected chi connectivity index (χ2v) is 6.76. The molecule has 1 aromatic carbocycles. The van der Waals surface area contributed by atoms with E-state index in [9.17, 15) is 23.1 Å². The molecule has 1 aliphatic heterocycles. The van der Waals surface area contributed by atoms with Gasteiger partial charge in [-0.15, -0.1) is 0 Å². The van der Waals surface area contributed by atoms with Gasteiger partial charge < -0.3 is 10.8 Å². The first-order valence-corrected chi connectivity index (χ1v) is 8.45. The van der Waals surface area contributed by atoms with E-state index in [1.165, 1.54) is 12.4 Å². The van der Waals surface area contributed by atoms with Crippen LogP contribution in [0.5, 0.6) is 0 Å². The van der Waals surface area contributed by atoms with Crippen LogP contribution >= 0.6 is 11.6 Å². The normalized spacial score (nSPS) is 22.4. The third-order valence-electron chi connectivity index (χ3n) is 4.76. The van der Waals surface area contributed by atoms with Crippen molar-refractivity contribution in [3.05, 3.63) is 52.6 Å². The van der Waals surface area contributed by atoms with Crippen LogP contribution in [0.3, 0.4) is 0 Å². The molecule has 0 bridgehead atoms. The predicted molar refractivity (Wildman–Crippen MR) is 92.7 cm³/mol. The summed E-state index contributed by atoms with van der Waals surface area (Å²) in [6.45, 7) is 1.71. The van der Waals surface area contributed by atoms with Gasteiger partial charge in [-0.05, 0) is 36.6 Å². The fourth-order valence-corrected chi connectivity index (χ4v) is 3.55. The van der Waals surface area contributed by atoms with Gasteiger partial charge in [0.1, 0.15) is 10.8 Å². The molecule has 144 valence electrons. The molecule has 2 aromatic rings. The van der Waals surface area contributed by atoms with Gasteiger partial charge in [-0.1, -0.05) is 18.5 Å². The number of amides is 1. The topological polar surface area (TPSA) is 92.3 Å². The summed E-state index contributed by atoms with van der Waals surface area (Å²) in [4.78, 5) is 20.9. The van der Waals surface area contributed by atoms with Gasteiger partial charge >= 0.3 is 12.3 Å². The Morgan fingerprint density at radius 1 is 1.44 bits per heavy atom. The number of halogens is 4. The maximum Gasteiger partial charge on any atom is 0.416 e. The molecule has 3 rings (SSSR count). The molecular weight excluding hydrogens is 385 g/mol. The Bertz CT molecular complexity index is 893. The van der Waals surface area contributed by atoms with E-state index in [1.807, 2.05) is 0 Å². The van der Waals surface area contributed by atoms with E-state index in [2.05, 4.69) is 9.97 Å². The number of alkyl halides is 3. The number of hydrogen-bond acceptors (Lipinski definition) is 4. The van der Waals surface area contributed by atoms with Crippen molar-refractivity contribution in [2.24, 2.45) is 5.73 Å². The van der Waals surface area contributed by atoms with Crippen LogP contribution < -0.4 is 10.6 Å². The van der Waals surface area contributed by atoms with Gasteiger partial charge in [0.05, 0.1) is 23.1 Å². The lowest BCUT2D eigenvalue weighted by molar-refractivity contribution is -0.137. The number of nitrogens with zero attached hydrogens (tertiary/aromatic N) is 3. The lowest BCUT2D eigenvalue weighted by Crippen LogP contribution is -2.61. The van der Waals surface area contributed by atoms with Gasteiger partial charge in [0.2, 0.25) is 0 Å². The molecule has 2 heterocycles. The predicted octanol–water partition coefficient (Wildman–Crippen LogP) is 4.23. The molecule has 0 aliphatic carbocycles. The number of anilines is 1. The maximum absolute atomic E-state index is 13.2. The number of carboxylic acid groups (broad SMARTS) is 1. The Morgan fingerprint density at radius 3 is 2.70 bits per heavy atom. The summed E-state index contributed by atoms with van der Waals surface area (Å²) < 4.78 is 39.7. The summed E-state index contributed by atoms with van der Waals surface area (Å²) in [7, 11) is 0. The zero-order valence-corrected chi connectivity index (χ0v) is 14.9. The molecular formula is C17H16ClF3N4O2. The SMILES string of the molecule is CC[C@]1(N)C[C@H](c2cncc(Cl)n2)c2cc(C(F)(F)F)ccc2N1C(=O)O. The molecule has 0 saturated carbocycles. The molecule has 0 fully saturated rings. The first-order valence-electron chi connectivity index (χ1n) is 8.07. The zero-order chi connectivity index (χ0) is 20.0. The molecule has 0 unspecified atom stereocenters. The van der Waals surface area contributed by atoms with Gasteiger partial charge in [0.15, 0.2) is 0 Å². The smallest absolute Gasteiger partial charge is 0.416 e. The summed E-state index contributed by atoms with van der Waals surface area (Å²) >= 11 is 5.89. The third-order valence-corrected chi connectivity index (χ3v) is 4.94. The van der Waals surface area contributed by atoms with Gasteiger partial charge in [0.25, 0.3) is 0 Å². The monoisotopic (exact) mass is 400 g/mol. The highest BCUT2D eigenvalue weighted by Gasteiger charge is 2.46. The molecule has 0 spiro atoms. The summed E-state index contributed by atoms with van der Waals surface area (Å²) in [6.07, 6.45) is -2.91. The zero-order valence-electron chi connectivity index (χ0n) is 14.2. The van der Waals surface area contributed by atoms with Crippen LogP contribution in [-0.4, -0.2) is 26.8 Å². The average Bonchev–Trinajstić information content (AvgIpc) is 2.59. The first kappa shape index (κ1) is 19.4. The van der Waals surface area contributed by atoms with Crippen molar-refractivity contribution in [2.45, 2.75) is 37.5 Å². The number of fused-ring (bicyclic) bond motifs is 1. The third kappa shape index (κ3) is 3.44. The largest absolute Gasteiger partial charge is 0.465 e. The summed E-state index contributed by atoms with van der Waals surface area (Å²) in [6, 6.07) is 2.92. The Balaban J connectivity index is 2.26. The standard InChI is InChI=1S/C17H16ClF3N4O2/c1-2-16(22)6-11(12-7-23-8-14(18)24-12)10-5-9(17(19,20)21)3-4-13(10)25(16)15(26)27/h3-5,7-8,11H,2,6,22H2,1H3,(H,26,27)/t11-,16+/m0/s1. The van der Waals surface area contributed by atoms with E-state index >= 15 is 0 Å². The van der Waals surface area contributed by atoms with Crippen molar-refractivity contribution in [1.82, 2.24) is 9.97 Å². The van der Waals surface area contributed by atoms with Crippen molar-refractivity contribution in [3.63, 3.8) is 0 Å². The fourth-order valence-electron chi connectivity index (χ4n) is 3.39. The molecule has 0 radical (unpaired) electrons. The van der Waals surface area contributed by atoms with Gasteiger partial charge in [0, 0.05) is 12.1 Å². The number of nitrogens with two attached hydrogens (primary N) is 1. The molecule has 2 atom stereocenters. The quantitative estimate of drug-likeness (QED) is 0.786. The number of benzene rings is 1. The molecule has 6 nitrogen and oxygen atoms in total. The van der Waals surface area contributed by atoms with Crippen LogP contribution in [0, 0.1) is 0 Å². The van der Waals surface area contributed by atoms with E-state index < -0.39 is 29.4 Å². The van der Waals surface area contributed by atoms with E-state index in [-0.39, 0.29) is 29.2 Å². The molecule has 10 heteroatoms. The van der Waals surface area contributed by atoms with Crippen molar-refractivity contribution in [3.8, 4) is 0 Å². The lowest BCUT2D eigenvalue weighted by atomic mass is 9.79. The average molecular weight is 401 g/mol. The molecule has 27 heavy (non-hydrogen) atoms. The number of aromatic nitrogens is 2. The van der Waals surface area contributed by atoms with E-state index in [1.54, 1.807) is 6.92 Å². The Kier molecular flexibility index (Phi) is 4.77. The second-order valence-electron chi connectivity index (χ2n) is 6.37. The van der Waals surface area contributed by atoms with Crippen LogP contribution in [0.15, 0.2) is 30.6 Å². The van der Waals surface area contributed by atoms with Gasteiger partial charge in [-0.25, -0.2) is 9.78 Å². The van der Waals surface area contributed by atoms with Crippen LogP contribution in [-0.2, 0) is 6.18 Å². The minimum Gasteiger partial charge on any atom is -0.465 e. The molecule has 1 amide bonds. The highest BCUT2D eigenvalue weighted by atomic mass is 35.5. The molecule has 0 saturated heterocycles. The van der Waals surface area contributed by atoms with Crippen LogP contribution in [0.25, 0.3) is 0 Å². The minimum absolute atomic E-state index is 0.0408. The number of hydrogen-bond donors (Lipinski definition) is 2. The number of rotatable bonds is 2. The van der Waals surface area contributed by atoms with Crippen LogP contribution in [0.1, 0.15) is 42.5 Å². The summed E-state index contributed by atoms with van der Waals surface area (Å²) in [5, 5.41) is 9.74. The highest BCUT2D eigenvalue weighted by Crippen LogP contribution is 2.47. The Morgan fingerprint density at radius 2 is 2.15 bits per heavy atom. The van der Waals surface area contributed by atoms with Gasteiger partial charge in [-0.3, -0.25) is 9.88 Å². The summed E-state index contributed by atoms with van der Waals surface area (Å²) in [5.74, 6) is -0.686. The van der Waals surface area contributed by atoms with Gasteiger partial charge in [-0.2, -0.15) is 13.2 Å². The Hall–Kier alpha value is -2.39.